The topological polar surface area (TPSA) is 12.9 Å². The third-order valence-corrected chi connectivity index (χ3v) is 12.3. The fraction of sp³-hybridized carbons (Fsp3) is 0. The van der Waals surface area contributed by atoms with Gasteiger partial charge < -0.3 is 0 Å². The maximum absolute atomic E-state index is 6.57. The highest BCUT2D eigenvalue weighted by Crippen LogP contribution is 2.44. The molecule has 0 spiro atoms. The molecule has 0 aliphatic heterocycles. The van der Waals surface area contributed by atoms with Crippen LogP contribution in [-0.2, 0) is 11.8 Å². The van der Waals surface area contributed by atoms with Crippen LogP contribution in [0.25, 0.3) is 43.7 Å². The van der Waals surface area contributed by atoms with E-state index in [0.717, 1.165) is 16.4 Å². The zero-order valence-corrected chi connectivity index (χ0v) is 22.4. The van der Waals surface area contributed by atoms with Crippen LogP contribution in [0.2, 0.25) is 0 Å². The third-order valence-electron chi connectivity index (χ3n) is 7.33. The van der Waals surface area contributed by atoms with E-state index in [1.807, 2.05) is 0 Å². The summed E-state index contributed by atoms with van der Waals surface area (Å²) in [4.78, 5) is 5.12. The Morgan fingerprint density at radius 1 is 0.447 bits per heavy atom. The number of para-hydroxylation sites is 1. The van der Waals surface area contributed by atoms with Crippen molar-refractivity contribution in [1.82, 2.24) is 4.98 Å². The second-order valence-electron chi connectivity index (χ2n) is 9.51. The summed E-state index contributed by atoms with van der Waals surface area (Å²) < 4.78 is 0. The minimum Gasteiger partial charge on any atom is -0.247 e. The summed E-state index contributed by atoms with van der Waals surface area (Å²) in [7, 11) is 0. The van der Waals surface area contributed by atoms with Gasteiger partial charge in [-0.2, -0.15) is 0 Å². The van der Waals surface area contributed by atoms with Gasteiger partial charge >= 0.3 is 0 Å². The zero-order valence-electron chi connectivity index (χ0n) is 20.7. The lowest BCUT2D eigenvalue weighted by atomic mass is 9.94. The molecule has 0 bridgehead atoms. The lowest BCUT2D eigenvalue weighted by molar-refractivity contribution is 1.51. The molecule has 0 saturated heterocycles. The minimum absolute atomic E-state index is 1.01. The first-order valence-electron chi connectivity index (χ1n) is 12.8. The van der Waals surface area contributed by atoms with Crippen LogP contribution in [0.3, 0.4) is 0 Å². The number of benzene rings is 6. The molecular weight excluding hydrogens is 497 g/mol. The van der Waals surface area contributed by atoms with Crippen molar-refractivity contribution in [1.29, 1.82) is 0 Å². The van der Waals surface area contributed by atoms with Crippen LogP contribution in [-0.4, -0.2) is 4.98 Å². The lowest BCUT2D eigenvalue weighted by Crippen LogP contribution is -2.24. The van der Waals surface area contributed by atoms with Gasteiger partial charge in [0.05, 0.1) is 11.0 Å². The molecule has 3 heteroatoms. The standard InChI is InChI=1S/C35H24NPS/c38-37(27-12-3-1-4-13-27,28-14-5-2-6-15-28)29-22-19-26(20-23-29)34-31-17-9-10-18-33(31)36-35-30-16-8-7-11-25(30)21-24-32(34)35/h1-24H. The smallest absolute Gasteiger partial charge is 0.0794 e. The Balaban J connectivity index is 1.47. The second kappa shape index (κ2) is 9.33. The first kappa shape index (κ1) is 23.0. The van der Waals surface area contributed by atoms with E-state index in [0.29, 0.717) is 0 Å². The molecule has 0 aliphatic rings. The normalized spacial score (nSPS) is 11.8. The van der Waals surface area contributed by atoms with E-state index in [1.165, 1.54) is 43.2 Å². The fourth-order valence-electron chi connectivity index (χ4n) is 5.50. The molecule has 0 N–H and O–H groups in total. The average molecular weight is 522 g/mol. The van der Waals surface area contributed by atoms with Crippen molar-refractivity contribution >= 4 is 66.3 Å². The van der Waals surface area contributed by atoms with E-state index in [4.69, 9.17) is 16.8 Å². The molecule has 0 unspecified atom stereocenters. The number of aromatic nitrogens is 1. The molecule has 1 nitrogen and oxygen atoms in total. The molecule has 0 radical (unpaired) electrons. The summed E-state index contributed by atoms with van der Waals surface area (Å²) >= 11 is 6.57. The van der Waals surface area contributed by atoms with Gasteiger partial charge in [0.2, 0.25) is 0 Å². The number of hydrogen-bond donors (Lipinski definition) is 0. The van der Waals surface area contributed by atoms with Gasteiger partial charge in [0.15, 0.2) is 0 Å². The minimum atomic E-state index is -2.20. The Morgan fingerprint density at radius 2 is 1.00 bits per heavy atom. The highest BCUT2D eigenvalue weighted by atomic mass is 32.4. The molecule has 1 heterocycles. The van der Waals surface area contributed by atoms with Crippen molar-refractivity contribution in [2.75, 3.05) is 0 Å². The quantitative estimate of drug-likeness (QED) is 0.132. The Morgan fingerprint density at radius 3 is 1.68 bits per heavy atom. The number of nitrogens with zero attached hydrogens (tertiary/aromatic N) is 1. The maximum atomic E-state index is 6.57. The molecule has 0 aliphatic carbocycles. The first-order valence-corrected chi connectivity index (χ1v) is 15.6. The van der Waals surface area contributed by atoms with Gasteiger partial charge in [-0.1, -0.05) is 151 Å². The predicted molar refractivity (Wildman–Crippen MR) is 168 cm³/mol. The van der Waals surface area contributed by atoms with Crippen LogP contribution >= 0.6 is 6.04 Å². The van der Waals surface area contributed by atoms with Gasteiger partial charge in [-0.15, -0.1) is 0 Å². The summed E-state index contributed by atoms with van der Waals surface area (Å²) in [6, 6.07) is 49.4. The largest absolute Gasteiger partial charge is 0.247 e. The molecule has 7 rings (SSSR count). The monoisotopic (exact) mass is 521 g/mol. The summed E-state index contributed by atoms with van der Waals surface area (Å²) in [5.74, 6) is 0. The molecule has 0 fully saturated rings. The van der Waals surface area contributed by atoms with E-state index in [-0.39, 0.29) is 0 Å². The second-order valence-corrected chi connectivity index (χ2v) is 13.9. The zero-order chi connectivity index (χ0) is 25.5. The molecule has 180 valence electrons. The first-order chi connectivity index (χ1) is 18.7. The van der Waals surface area contributed by atoms with E-state index >= 15 is 0 Å². The predicted octanol–water partition coefficient (Wildman–Crippen LogP) is 7.96. The van der Waals surface area contributed by atoms with E-state index in [2.05, 4.69) is 146 Å². The SMILES string of the molecule is S=P(c1ccccc1)(c1ccccc1)c1ccc(-c2c3ccccc3nc3c2ccc2ccccc23)cc1. The van der Waals surface area contributed by atoms with Crippen molar-refractivity contribution in [3.8, 4) is 11.1 Å². The molecule has 7 aromatic rings. The van der Waals surface area contributed by atoms with Gasteiger partial charge in [-0.05, 0) is 32.9 Å². The summed E-state index contributed by atoms with van der Waals surface area (Å²) in [5.41, 5.74) is 4.44. The summed E-state index contributed by atoms with van der Waals surface area (Å²) in [6.07, 6.45) is 0. The molecule has 0 saturated carbocycles. The molecule has 1 aromatic heterocycles. The Labute approximate surface area is 227 Å². The van der Waals surface area contributed by atoms with Crippen LogP contribution in [0.4, 0.5) is 0 Å². The van der Waals surface area contributed by atoms with Crippen molar-refractivity contribution in [2.24, 2.45) is 0 Å². The highest BCUT2D eigenvalue weighted by Gasteiger charge is 2.25. The van der Waals surface area contributed by atoms with Crippen LogP contribution < -0.4 is 15.9 Å². The Bertz CT molecular complexity index is 1940. The third kappa shape index (κ3) is 3.69. The highest BCUT2D eigenvalue weighted by molar-refractivity contribution is 8.25. The lowest BCUT2D eigenvalue weighted by Gasteiger charge is -2.24. The number of pyridine rings is 1. The van der Waals surface area contributed by atoms with Crippen molar-refractivity contribution < 1.29 is 0 Å². The molecule has 6 aromatic carbocycles. The Hall–Kier alpha value is -4.10. The molecule has 38 heavy (non-hydrogen) atoms. The maximum Gasteiger partial charge on any atom is 0.0794 e. The fourth-order valence-corrected chi connectivity index (χ4v) is 9.24. The van der Waals surface area contributed by atoms with Crippen molar-refractivity contribution in [2.45, 2.75) is 0 Å². The number of rotatable bonds is 4. The van der Waals surface area contributed by atoms with Crippen LogP contribution in [0.1, 0.15) is 0 Å². The van der Waals surface area contributed by atoms with Gasteiger partial charge in [-0.3, -0.25) is 0 Å². The molecule has 0 amide bonds. The molecule has 0 atom stereocenters. The van der Waals surface area contributed by atoms with Gasteiger partial charge in [0.25, 0.3) is 0 Å². The van der Waals surface area contributed by atoms with Gasteiger partial charge in [-0.25, -0.2) is 4.98 Å². The summed E-state index contributed by atoms with van der Waals surface area (Å²) in [5, 5.41) is 8.32. The Kier molecular flexibility index (Phi) is 5.66. The average Bonchev–Trinajstić information content (AvgIpc) is 3.00. The number of fused-ring (bicyclic) bond motifs is 4. The van der Waals surface area contributed by atoms with E-state index in [9.17, 15) is 0 Å². The number of hydrogen-bond acceptors (Lipinski definition) is 2. The van der Waals surface area contributed by atoms with Crippen LogP contribution in [0.15, 0.2) is 146 Å². The van der Waals surface area contributed by atoms with Gasteiger partial charge in [0, 0.05) is 27.8 Å². The van der Waals surface area contributed by atoms with Crippen LogP contribution in [0.5, 0.6) is 0 Å². The van der Waals surface area contributed by atoms with E-state index in [1.54, 1.807) is 0 Å². The van der Waals surface area contributed by atoms with Crippen molar-refractivity contribution in [3.05, 3.63) is 146 Å². The summed E-state index contributed by atoms with van der Waals surface area (Å²) in [6.45, 7) is 0. The van der Waals surface area contributed by atoms with Gasteiger partial charge in [0.1, 0.15) is 0 Å². The van der Waals surface area contributed by atoms with Crippen LogP contribution in [0, 0.1) is 0 Å². The van der Waals surface area contributed by atoms with E-state index < -0.39 is 6.04 Å². The van der Waals surface area contributed by atoms with Crippen molar-refractivity contribution in [3.63, 3.8) is 0 Å². The molecular formula is C35H24NPS.